The Morgan fingerprint density at radius 1 is 1.22 bits per heavy atom. The zero-order chi connectivity index (χ0) is 13.1. The van der Waals surface area contributed by atoms with Crippen molar-refractivity contribution < 1.29 is 9.18 Å². The summed E-state index contributed by atoms with van der Waals surface area (Å²) >= 11 is 3.29. The summed E-state index contributed by atoms with van der Waals surface area (Å²) in [6, 6.07) is 11.8. The second-order valence-corrected chi connectivity index (χ2v) is 4.82. The van der Waals surface area contributed by atoms with E-state index in [4.69, 9.17) is 0 Å². The quantitative estimate of drug-likeness (QED) is 0.887. The minimum atomic E-state index is -0.402. The van der Waals surface area contributed by atoms with E-state index in [1.165, 1.54) is 6.07 Å². The van der Waals surface area contributed by atoms with Crippen LogP contribution < -0.4 is 5.32 Å². The lowest BCUT2D eigenvalue weighted by molar-refractivity contribution is 0.102. The highest BCUT2D eigenvalue weighted by atomic mass is 79.9. The molecule has 0 aliphatic rings. The molecule has 0 unspecified atom stereocenters. The van der Waals surface area contributed by atoms with Gasteiger partial charge in [0.1, 0.15) is 5.82 Å². The number of benzene rings is 2. The van der Waals surface area contributed by atoms with Gasteiger partial charge in [0.25, 0.3) is 5.91 Å². The number of carbonyl (C=O) groups excluding carboxylic acids is 1. The standard InChI is InChI=1S/C14H11BrFNO/c1-9-4-2-7-12(13(9)16)17-14(18)10-5-3-6-11(15)8-10/h2-8H,1H3,(H,17,18). The van der Waals surface area contributed by atoms with Crippen molar-refractivity contribution in [1.82, 2.24) is 0 Å². The van der Waals surface area contributed by atoms with Crippen LogP contribution in [0.2, 0.25) is 0 Å². The summed E-state index contributed by atoms with van der Waals surface area (Å²) < 4.78 is 14.5. The van der Waals surface area contributed by atoms with Crippen LogP contribution in [-0.4, -0.2) is 5.91 Å². The van der Waals surface area contributed by atoms with Gasteiger partial charge in [-0.2, -0.15) is 0 Å². The normalized spacial score (nSPS) is 10.2. The molecule has 0 bridgehead atoms. The largest absolute Gasteiger partial charge is 0.319 e. The highest BCUT2D eigenvalue weighted by molar-refractivity contribution is 9.10. The third-order valence-corrected chi connectivity index (χ3v) is 3.02. The molecular formula is C14H11BrFNO. The lowest BCUT2D eigenvalue weighted by Gasteiger charge is -2.08. The lowest BCUT2D eigenvalue weighted by Crippen LogP contribution is -2.13. The SMILES string of the molecule is Cc1cccc(NC(=O)c2cccc(Br)c2)c1F. The van der Waals surface area contributed by atoms with Gasteiger partial charge in [-0.15, -0.1) is 0 Å². The molecule has 18 heavy (non-hydrogen) atoms. The first kappa shape index (κ1) is 12.8. The fourth-order valence-electron chi connectivity index (χ4n) is 1.57. The van der Waals surface area contributed by atoms with Crippen LogP contribution in [-0.2, 0) is 0 Å². The van der Waals surface area contributed by atoms with E-state index in [9.17, 15) is 9.18 Å². The van der Waals surface area contributed by atoms with Gasteiger partial charge in [0.05, 0.1) is 5.69 Å². The Bertz CT molecular complexity index is 598. The van der Waals surface area contributed by atoms with E-state index in [1.54, 1.807) is 37.3 Å². The van der Waals surface area contributed by atoms with Gasteiger partial charge in [-0.25, -0.2) is 4.39 Å². The van der Waals surface area contributed by atoms with E-state index in [1.807, 2.05) is 6.07 Å². The number of anilines is 1. The Balaban J connectivity index is 2.24. The highest BCUT2D eigenvalue weighted by Gasteiger charge is 2.10. The van der Waals surface area contributed by atoms with Crippen molar-refractivity contribution in [2.45, 2.75) is 6.92 Å². The van der Waals surface area contributed by atoms with Crippen molar-refractivity contribution in [2.75, 3.05) is 5.32 Å². The first-order valence-electron chi connectivity index (χ1n) is 5.40. The molecule has 0 heterocycles. The van der Waals surface area contributed by atoms with Crippen LogP contribution in [0.4, 0.5) is 10.1 Å². The molecule has 0 saturated heterocycles. The molecule has 0 aromatic heterocycles. The van der Waals surface area contributed by atoms with E-state index in [0.717, 1.165) is 4.47 Å². The number of rotatable bonds is 2. The average molecular weight is 308 g/mol. The van der Waals surface area contributed by atoms with Gasteiger partial charge in [-0.1, -0.05) is 34.1 Å². The smallest absolute Gasteiger partial charge is 0.255 e. The van der Waals surface area contributed by atoms with Crippen LogP contribution in [0.15, 0.2) is 46.9 Å². The number of amides is 1. The van der Waals surface area contributed by atoms with Crippen molar-refractivity contribution in [3.8, 4) is 0 Å². The minimum Gasteiger partial charge on any atom is -0.319 e. The first-order valence-corrected chi connectivity index (χ1v) is 6.19. The second-order valence-electron chi connectivity index (χ2n) is 3.90. The topological polar surface area (TPSA) is 29.1 Å². The molecule has 92 valence electrons. The third-order valence-electron chi connectivity index (χ3n) is 2.53. The zero-order valence-corrected chi connectivity index (χ0v) is 11.3. The van der Waals surface area contributed by atoms with Gasteiger partial charge in [0.15, 0.2) is 0 Å². The van der Waals surface area contributed by atoms with Crippen LogP contribution in [0, 0.1) is 12.7 Å². The van der Waals surface area contributed by atoms with Gasteiger partial charge in [0, 0.05) is 10.0 Å². The molecule has 2 aromatic carbocycles. The van der Waals surface area contributed by atoms with Gasteiger partial charge >= 0.3 is 0 Å². The maximum absolute atomic E-state index is 13.7. The summed E-state index contributed by atoms with van der Waals surface area (Å²) in [7, 11) is 0. The van der Waals surface area contributed by atoms with Crippen molar-refractivity contribution in [2.24, 2.45) is 0 Å². The molecule has 0 fully saturated rings. The molecule has 0 radical (unpaired) electrons. The summed E-state index contributed by atoms with van der Waals surface area (Å²) in [6.07, 6.45) is 0. The van der Waals surface area contributed by atoms with Gasteiger partial charge in [0.2, 0.25) is 0 Å². The van der Waals surface area contributed by atoms with Crippen molar-refractivity contribution in [3.63, 3.8) is 0 Å². The van der Waals surface area contributed by atoms with Crippen molar-refractivity contribution in [3.05, 3.63) is 63.9 Å². The molecule has 2 aromatic rings. The Morgan fingerprint density at radius 2 is 1.94 bits per heavy atom. The fraction of sp³-hybridized carbons (Fsp3) is 0.0714. The Hall–Kier alpha value is -1.68. The number of aryl methyl sites for hydroxylation is 1. The van der Waals surface area contributed by atoms with E-state index >= 15 is 0 Å². The molecule has 0 aliphatic heterocycles. The second kappa shape index (κ2) is 5.31. The molecule has 0 atom stereocenters. The Labute approximate surface area is 113 Å². The number of nitrogens with one attached hydrogen (secondary N) is 1. The Morgan fingerprint density at radius 3 is 2.67 bits per heavy atom. The molecule has 2 nitrogen and oxygen atoms in total. The summed E-state index contributed by atoms with van der Waals surface area (Å²) in [5.41, 5.74) is 1.17. The maximum atomic E-state index is 13.7. The summed E-state index contributed by atoms with van der Waals surface area (Å²) in [4.78, 5) is 11.9. The highest BCUT2D eigenvalue weighted by Crippen LogP contribution is 2.19. The van der Waals surface area contributed by atoms with Gasteiger partial charge in [-0.05, 0) is 36.8 Å². The lowest BCUT2D eigenvalue weighted by atomic mass is 10.2. The molecule has 0 spiro atoms. The minimum absolute atomic E-state index is 0.194. The van der Waals surface area contributed by atoms with Crippen LogP contribution in [0.3, 0.4) is 0 Å². The molecular weight excluding hydrogens is 297 g/mol. The summed E-state index contributed by atoms with van der Waals surface area (Å²) in [6.45, 7) is 1.66. The molecule has 0 aliphatic carbocycles. The van der Waals surface area contributed by atoms with Crippen molar-refractivity contribution >= 4 is 27.5 Å². The number of carbonyl (C=O) groups is 1. The van der Waals surface area contributed by atoms with Gasteiger partial charge in [-0.3, -0.25) is 4.79 Å². The Kier molecular flexibility index (Phi) is 3.77. The van der Waals surface area contributed by atoms with E-state index in [0.29, 0.717) is 11.1 Å². The number of halogens is 2. The first-order chi connectivity index (χ1) is 8.58. The molecule has 1 N–H and O–H groups in total. The fourth-order valence-corrected chi connectivity index (χ4v) is 1.97. The molecule has 4 heteroatoms. The van der Waals surface area contributed by atoms with Crippen molar-refractivity contribution in [1.29, 1.82) is 0 Å². The number of hydrogen-bond acceptors (Lipinski definition) is 1. The predicted octanol–water partition coefficient (Wildman–Crippen LogP) is 4.15. The molecule has 2 rings (SSSR count). The van der Waals surface area contributed by atoms with E-state index in [-0.39, 0.29) is 11.6 Å². The zero-order valence-electron chi connectivity index (χ0n) is 9.71. The molecule has 0 saturated carbocycles. The van der Waals surface area contributed by atoms with E-state index in [2.05, 4.69) is 21.2 Å². The van der Waals surface area contributed by atoms with E-state index < -0.39 is 5.82 Å². The van der Waals surface area contributed by atoms with Crippen LogP contribution in [0.1, 0.15) is 15.9 Å². The summed E-state index contributed by atoms with van der Waals surface area (Å²) in [5, 5.41) is 2.56. The van der Waals surface area contributed by atoms with Crippen LogP contribution in [0.5, 0.6) is 0 Å². The average Bonchev–Trinajstić information content (AvgIpc) is 2.35. The summed E-state index contributed by atoms with van der Waals surface area (Å²) in [5.74, 6) is -0.735. The van der Waals surface area contributed by atoms with Gasteiger partial charge < -0.3 is 5.32 Å². The third kappa shape index (κ3) is 2.76. The molecule has 1 amide bonds. The monoisotopic (exact) mass is 307 g/mol. The predicted molar refractivity (Wildman–Crippen MR) is 73.2 cm³/mol. The van der Waals surface area contributed by atoms with Crippen LogP contribution >= 0.6 is 15.9 Å². The van der Waals surface area contributed by atoms with Crippen LogP contribution in [0.25, 0.3) is 0 Å². The maximum Gasteiger partial charge on any atom is 0.255 e. The number of hydrogen-bond donors (Lipinski definition) is 1.